The maximum Gasteiger partial charge on any atom is 0.343 e. The molecule has 5 aromatic rings. The molecule has 0 aliphatic carbocycles. The molecule has 0 bridgehead atoms. The SMILES string of the molecule is COC(=O)COc1ccc(Br)cc1C=Nn1c(-c2cc3ccccc3o2)nc2ccccc2c1=O. The van der Waals surface area contributed by atoms with Crippen LogP contribution < -0.4 is 10.3 Å². The Morgan fingerprint density at radius 2 is 1.91 bits per heavy atom. The Morgan fingerprint density at radius 1 is 1.11 bits per heavy atom. The Bertz CT molecular complexity index is 1620. The van der Waals surface area contributed by atoms with E-state index in [2.05, 4.69) is 30.8 Å². The average molecular weight is 532 g/mol. The summed E-state index contributed by atoms with van der Waals surface area (Å²) in [6.07, 6.45) is 1.47. The lowest BCUT2D eigenvalue weighted by molar-refractivity contribution is -0.142. The number of benzene rings is 3. The quantitative estimate of drug-likeness (QED) is 0.226. The third kappa shape index (κ3) is 4.58. The minimum Gasteiger partial charge on any atom is -0.481 e. The minimum absolute atomic E-state index is 0.258. The van der Waals surface area contributed by atoms with Gasteiger partial charge < -0.3 is 13.9 Å². The number of aromatic nitrogens is 2. The maximum atomic E-state index is 13.4. The summed E-state index contributed by atoms with van der Waals surface area (Å²) in [7, 11) is 1.29. The van der Waals surface area contributed by atoms with Crippen LogP contribution in [0.4, 0.5) is 0 Å². The Balaban J connectivity index is 1.65. The van der Waals surface area contributed by atoms with Gasteiger partial charge in [0.1, 0.15) is 11.3 Å². The first-order valence-corrected chi connectivity index (χ1v) is 11.4. The molecule has 0 radical (unpaired) electrons. The van der Waals surface area contributed by atoms with Crippen molar-refractivity contribution in [1.29, 1.82) is 0 Å². The molecule has 0 saturated carbocycles. The molecule has 174 valence electrons. The van der Waals surface area contributed by atoms with Crippen LogP contribution in [-0.2, 0) is 9.53 Å². The minimum atomic E-state index is -0.516. The van der Waals surface area contributed by atoms with Gasteiger partial charge in [-0.3, -0.25) is 4.79 Å². The van der Waals surface area contributed by atoms with E-state index in [0.29, 0.717) is 33.6 Å². The van der Waals surface area contributed by atoms with E-state index < -0.39 is 5.97 Å². The van der Waals surface area contributed by atoms with E-state index in [4.69, 9.17) is 9.15 Å². The molecule has 8 nitrogen and oxygen atoms in total. The second-order valence-electron chi connectivity index (χ2n) is 7.51. The summed E-state index contributed by atoms with van der Waals surface area (Å²) in [6.45, 7) is -0.263. The van der Waals surface area contributed by atoms with Crippen molar-refractivity contribution in [2.75, 3.05) is 13.7 Å². The lowest BCUT2D eigenvalue weighted by Crippen LogP contribution is -2.20. The van der Waals surface area contributed by atoms with Crippen LogP contribution in [0.1, 0.15) is 5.56 Å². The van der Waals surface area contributed by atoms with Crippen molar-refractivity contribution < 1.29 is 18.7 Å². The van der Waals surface area contributed by atoms with Crippen molar-refractivity contribution in [3.8, 4) is 17.3 Å². The van der Waals surface area contributed by atoms with Gasteiger partial charge in [0.05, 0.1) is 24.2 Å². The number of ether oxygens (including phenoxy) is 2. The van der Waals surface area contributed by atoms with Gasteiger partial charge >= 0.3 is 5.97 Å². The third-order valence-electron chi connectivity index (χ3n) is 5.26. The van der Waals surface area contributed by atoms with Crippen LogP contribution in [0.3, 0.4) is 0 Å². The molecule has 3 aromatic carbocycles. The zero-order valence-corrected chi connectivity index (χ0v) is 20.1. The number of rotatable bonds is 6. The van der Waals surface area contributed by atoms with E-state index in [1.807, 2.05) is 36.4 Å². The first kappa shape index (κ1) is 22.5. The molecule has 0 atom stereocenters. The largest absolute Gasteiger partial charge is 0.481 e. The smallest absolute Gasteiger partial charge is 0.343 e. The summed E-state index contributed by atoms with van der Waals surface area (Å²) in [5.41, 5.74) is 1.39. The molecule has 0 aliphatic rings. The summed E-state index contributed by atoms with van der Waals surface area (Å²) in [5.74, 6) is 0.545. The number of nitrogens with zero attached hydrogens (tertiary/aromatic N) is 3. The summed E-state index contributed by atoms with van der Waals surface area (Å²) in [6, 6.07) is 21.6. The molecule has 5 rings (SSSR count). The van der Waals surface area contributed by atoms with Gasteiger partial charge in [0, 0.05) is 15.4 Å². The summed E-state index contributed by atoms with van der Waals surface area (Å²) < 4.78 is 18.2. The van der Waals surface area contributed by atoms with E-state index in [9.17, 15) is 9.59 Å². The monoisotopic (exact) mass is 531 g/mol. The second-order valence-corrected chi connectivity index (χ2v) is 8.43. The molecule has 0 N–H and O–H groups in total. The molecular formula is C26H18BrN3O5. The molecule has 0 amide bonds. The van der Waals surface area contributed by atoms with Crippen molar-refractivity contribution in [2.45, 2.75) is 0 Å². The molecule has 0 saturated heterocycles. The number of hydrogen-bond donors (Lipinski definition) is 0. The fraction of sp³-hybridized carbons (Fsp3) is 0.0769. The number of carbonyl (C=O) groups is 1. The molecular weight excluding hydrogens is 514 g/mol. The van der Waals surface area contributed by atoms with E-state index in [-0.39, 0.29) is 18.0 Å². The zero-order valence-electron chi connectivity index (χ0n) is 18.5. The van der Waals surface area contributed by atoms with Gasteiger partial charge in [-0.1, -0.05) is 46.3 Å². The molecule has 0 aliphatic heterocycles. The van der Waals surface area contributed by atoms with Crippen LogP contribution >= 0.6 is 15.9 Å². The standard InChI is InChI=1S/C26H18BrN3O5/c1-33-24(31)15-34-21-11-10-18(27)12-17(21)14-28-30-25(23-13-16-6-2-5-9-22(16)35-23)29-20-8-4-3-7-19(20)26(30)32/h2-14H,15H2,1H3. The topological polar surface area (TPSA) is 95.9 Å². The third-order valence-corrected chi connectivity index (χ3v) is 5.75. The highest BCUT2D eigenvalue weighted by Crippen LogP contribution is 2.27. The maximum absolute atomic E-state index is 13.4. The Hall–Kier alpha value is -4.24. The van der Waals surface area contributed by atoms with E-state index in [1.165, 1.54) is 18.0 Å². The summed E-state index contributed by atoms with van der Waals surface area (Å²) in [5, 5.41) is 5.76. The number of esters is 1. The van der Waals surface area contributed by atoms with Gasteiger partial charge in [-0.15, -0.1) is 0 Å². The van der Waals surface area contributed by atoms with Crippen LogP contribution in [0, 0.1) is 0 Å². The fourth-order valence-electron chi connectivity index (χ4n) is 3.55. The van der Waals surface area contributed by atoms with Crippen LogP contribution in [0.5, 0.6) is 5.75 Å². The van der Waals surface area contributed by atoms with Crippen LogP contribution in [0.25, 0.3) is 33.5 Å². The van der Waals surface area contributed by atoms with Gasteiger partial charge in [0.2, 0.25) is 5.82 Å². The van der Waals surface area contributed by atoms with Crippen LogP contribution in [-0.4, -0.2) is 35.6 Å². The average Bonchev–Trinajstić information content (AvgIpc) is 3.31. The number of hydrogen-bond acceptors (Lipinski definition) is 7. The number of halogens is 1. The Morgan fingerprint density at radius 3 is 2.74 bits per heavy atom. The molecule has 2 aromatic heterocycles. The first-order chi connectivity index (χ1) is 17.0. The predicted molar refractivity (Wildman–Crippen MR) is 136 cm³/mol. The normalized spacial score (nSPS) is 11.4. The molecule has 2 heterocycles. The molecule has 35 heavy (non-hydrogen) atoms. The van der Waals surface area contributed by atoms with Crippen LogP contribution in [0.15, 0.2) is 91.6 Å². The van der Waals surface area contributed by atoms with Gasteiger partial charge in [-0.05, 0) is 42.5 Å². The van der Waals surface area contributed by atoms with Crippen molar-refractivity contribution in [3.63, 3.8) is 0 Å². The van der Waals surface area contributed by atoms with Crippen LogP contribution in [0.2, 0.25) is 0 Å². The van der Waals surface area contributed by atoms with Gasteiger partial charge in [-0.2, -0.15) is 9.78 Å². The van der Waals surface area contributed by atoms with E-state index in [1.54, 1.807) is 36.4 Å². The highest BCUT2D eigenvalue weighted by atomic mass is 79.9. The fourth-order valence-corrected chi connectivity index (χ4v) is 3.93. The lowest BCUT2D eigenvalue weighted by atomic mass is 10.2. The zero-order chi connectivity index (χ0) is 24.4. The first-order valence-electron chi connectivity index (χ1n) is 10.6. The molecule has 0 unspecified atom stereocenters. The van der Waals surface area contributed by atoms with Crippen molar-refractivity contribution in [1.82, 2.24) is 9.66 Å². The number of carbonyl (C=O) groups excluding carboxylic acids is 1. The summed E-state index contributed by atoms with van der Waals surface area (Å²) in [4.78, 5) is 29.6. The van der Waals surface area contributed by atoms with Crippen molar-refractivity contribution >= 4 is 50.0 Å². The molecule has 0 spiro atoms. The second kappa shape index (κ2) is 9.55. The lowest BCUT2D eigenvalue weighted by Gasteiger charge is -2.10. The Labute approximate surface area is 207 Å². The number of methoxy groups -OCH3 is 1. The predicted octanol–water partition coefficient (Wildman–Crippen LogP) is 5.01. The number of fused-ring (bicyclic) bond motifs is 2. The van der Waals surface area contributed by atoms with Gasteiger partial charge in [0.15, 0.2) is 12.4 Å². The highest BCUT2D eigenvalue weighted by molar-refractivity contribution is 9.10. The van der Waals surface area contributed by atoms with Crippen molar-refractivity contribution in [3.05, 3.63) is 93.2 Å². The molecule has 0 fully saturated rings. The van der Waals surface area contributed by atoms with E-state index >= 15 is 0 Å². The number of para-hydroxylation sites is 2. The van der Waals surface area contributed by atoms with Gasteiger partial charge in [0.25, 0.3) is 5.56 Å². The summed E-state index contributed by atoms with van der Waals surface area (Å²) >= 11 is 3.43. The van der Waals surface area contributed by atoms with Crippen molar-refractivity contribution in [2.24, 2.45) is 5.10 Å². The highest BCUT2D eigenvalue weighted by Gasteiger charge is 2.16. The number of furan rings is 1. The Kier molecular flexibility index (Phi) is 6.15. The van der Waals surface area contributed by atoms with Gasteiger partial charge in [-0.25, -0.2) is 9.78 Å². The van der Waals surface area contributed by atoms with E-state index in [0.717, 1.165) is 9.86 Å². The molecule has 9 heteroatoms.